The van der Waals surface area contributed by atoms with Crippen molar-refractivity contribution in [2.75, 3.05) is 0 Å². The SMILES string of the molecule is [C-]#CC(O[Si](C)(C)C(C)(C)C)C1CCCCC1.[Li+]. The summed E-state index contributed by atoms with van der Waals surface area (Å²) in [6.45, 7) is 11.3. The standard InChI is InChI=1S/C15H27OSi.Li/c1-7-14(13-11-9-8-10-12-13)16-17(5,6)15(2,3)4;/h13-14H,8-12H2,2-6H3;/q-1;+1. The third-order valence-electron chi connectivity index (χ3n) is 4.45. The second kappa shape index (κ2) is 7.21. The van der Waals surface area contributed by atoms with Crippen LogP contribution in [0.1, 0.15) is 52.9 Å². The number of hydrogen-bond acceptors (Lipinski definition) is 1. The molecule has 1 rings (SSSR count). The summed E-state index contributed by atoms with van der Waals surface area (Å²) in [6, 6.07) is 0. The third kappa shape index (κ3) is 4.78. The van der Waals surface area contributed by atoms with E-state index in [2.05, 4.69) is 39.8 Å². The summed E-state index contributed by atoms with van der Waals surface area (Å²) >= 11 is 0. The van der Waals surface area contributed by atoms with Gasteiger partial charge in [0.15, 0.2) is 8.32 Å². The minimum absolute atomic E-state index is 0. The molecule has 1 saturated carbocycles. The first-order chi connectivity index (χ1) is 7.78. The van der Waals surface area contributed by atoms with Crippen molar-refractivity contribution < 1.29 is 23.3 Å². The summed E-state index contributed by atoms with van der Waals surface area (Å²) < 4.78 is 6.33. The predicted octanol–water partition coefficient (Wildman–Crippen LogP) is 1.55. The van der Waals surface area contributed by atoms with Gasteiger partial charge >= 0.3 is 18.9 Å². The zero-order valence-electron chi connectivity index (χ0n) is 13.1. The van der Waals surface area contributed by atoms with Crippen molar-refractivity contribution >= 4 is 8.32 Å². The largest absolute Gasteiger partial charge is 1.00 e. The van der Waals surface area contributed by atoms with E-state index in [-0.39, 0.29) is 30.0 Å². The maximum Gasteiger partial charge on any atom is 1.00 e. The van der Waals surface area contributed by atoms with Gasteiger partial charge in [0, 0.05) is 0 Å². The molecule has 0 radical (unpaired) electrons. The first kappa shape index (κ1) is 18.3. The van der Waals surface area contributed by atoms with E-state index >= 15 is 0 Å². The zero-order valence-corrected chi connectivity index (χ0v) is 14.1. The van der Waals surface area contributed by atoms with Crippen LogP contribution >= 0.6 is 0 Å². The maximum absolute atomic E-state index is 7.53. The molecule has 1 aliphatic carbocycles. The first-order valence-electron chi connectivity index (χ1n) is 6.88. The fourth-order valence-electron chi connectivity index (χ4n) is 2.17. The molecule has 0 bridgehead atoms. The van der Waals surface area contributed by atoms with Gasteiger partial charge in [-0.15, -0.1) is 0 Å². The van der Waals surface area contributed by atoms with Gasteiger partial charge in [0.05, 0.1) is 6.10 Å². The van der Waals surface area contributed by atoms with Gasteiger partial charge in [0.1, 0.15) is 0 Å². The Morgan fingerprint density at radius 1 is 1.17 bits per heavy atom. The molecule has 18 heavy (non-hydrogen) atoms. The molecule has 0 aromatic heterocycles. The Bertz CT molecular complexity index is 282. The fraction of sp³-hybridized carbons (Fsp3) is 0.867. The third-order valence-corrected chi connectivity index (χ3v) is 8.90. The van der Waals surface area contributed by atoms with Gasteiger partial charge in [-0.1, -0.05) is 40.0 Å². The van der Waals surface area contributed by atoms with Gasteiger partial charge in [-0.25, -0.2) is 0 Å². The summed E-state index contributed by atoms with van der Waals surface area (Å²) in [5, 5.41) is 0.219. The van der Waals surface area contributed by atoms with E-state index in [0.29, 0.717) is 5.92 Å². The van der Waals surface area contributed by atoms with E-state index in [1.807, 2.05) is 0 Å². The topological polar surface area (TPSA) is 9.23 Å². The molecule has 0 N–H and O–H groups in total. The van der Waals surface area contributed by atoms with Crippen LogP contribution < -0.4 is 18.9 Å². The van der Waals surface area contributed by atoms with Crippen molar-refractivity contribution in [2.24, 2.45) is 5.92 Å². The maximum atomic E-state index is 7.53. The smallest absolute Gasteiger partial charge is 0.691 e. The van der Waals surface area contributed by atoms with Crippen LogP contribution in [0.15, 0.2) is 0 Å². The Kier molecular flexibility index (Phi) is 7.34. The van der Waals surface area contributed by atoms with Crippen LogP contribution in [0.3, 0.4) is 0 Å². The molecule has 1 unspecified atom stereocenters. The van der Waals surface area contributed by atoms with Gasteiger partial charge in [0.2, 0.25) is 0 Å². The molecular weight excluding hydrogens is 231 g/mol. The van der Waals surface area contributed by atoms with Gasteiger partial charge in [0.25, 0.3) is 0 Å². The molecule has 1 aliphatic rings. The van der Waals surface area contributed by atoms with Gasteiger partial charge in [-0.2, -0.15) is 0 Å². The normalized spacial score (nSPS) is 19.8. The molecule has 0 aliphatic heterocycles. The first-order valence-corrected chi connectivity index (χ1v) is 9.79. The average Bonchev–Trinajstić information content (AvgIpc) is 2.25. The Balaban J connectivity index is 0.00000289. The van der Waals surface area contributed by atoms with E-state index < -0.39 is 8.32 Å². The van der Waals surface area contributed by atoms with E-state index in [9.17, 15) is 0 Å². The van der Waals surface area contributed by atoms with Crippen molar-refractivity contribution in [3.05, 3.63) is 6.42 Å². The monoisotopic (exact) mass is 258 g/mol. The second-order valence-corrected chi connectivity index (χ2v) is 11.6. The molecule has 1 fully saturated rings. The molecular formula is C15H27LiOSi. The fourth-order valence-corrected chi connectivity index (χ4v) is 3.41. The van der Waals surface area contributed by atoms with Crippen molar-refractivity contribution in [1.29, 1.82) is 0 Å². The summed E-state index contributed by atoms with van der Waals surface area (Å²) in [4.78, 5) is 0. The van der Waals surface area contributed by atoms with Gasteiger partial charge < -0.3 is 16.8 Å². The molecule has 0 saturated heterocycles. The summed E-state index contributed by atoms with van der Waals surface area (Å²) in [6.07, 6.45) is 13.8. The van der Waals surface area contributed by atoms with Crippen LogP contribution in [0, 0.1) is 18.3 Å². The molecule has 98 valence electrons. The Hall–Kier alpha value is 0.334. The van der Waals surface area contributed by atoms with E-state index in [0.717, 1.165) is 0 Å². The quantitative estimate of drug-likeness (QED) is 0.424. The molecule has 0 aromatic rings. The van der Waals surface area contributed by atoms with Gasteiger partial charge in [-0.05, 0) is 36.9 Å². The molecule has 1 nitrogen and oxygen atoms in total. The molecule has 1 atom stereocenters. The molecule has 3 heteroatoms. The van der Waals surface area contributed by atoms with Crippen molar-refractivity contribution in [3.8, 4) is 5.92 Å². The van der Waals surface area contributed by atoms with E-state index in [1.165, 1.54) is 32.1 Å². The van der Waals surface area contributed by atoms with Crippen LogP contribution in [0.4, 0.5) is 0 Å². The minimum atomic E-state index is -1.76. The van der Waals surface area contributed by atoms with Crippen molar-refractivity contribution in [2.45, 2.75) is 77.1 Å². The van der Waals surface area contributed by atoms with Crippen LogP contribution in [0.5, 0.6) is 0 Å². The second-order valence-electron chi connectivity index (χ2n) is 6.84. The average molecular weight is 258 g/mol. The summed E-state index contributed by atoms with van der Waals surface area (Å²) in [5.41, 5.74) is 0. The summed E-state index contributed by atoms with van der Waals surface area (Å²) in [7, 11) is -1.76. The van der Waals surface area contributed by atoms with Gasteiger partial charge in [-0.3, -0.25) is 0 Å². The van der Waals surface area contributed by atoms with Crippen molar-refractivity contribution in [3.63, 3.8) is 0 Å². The number of hydrogen-bond donors (Lipinski definition) is 0. The van der Waals surface area contributed by atoms with Crippen molar-refractivity contribution in [1.82, 2.24) is 0 Å². The summed E-state index contributed by atoms with van der Waals surface area (Å²) in [5.74, 6) is 3.20. The Morgan fingerprint density at radius 3 is 2.06 bits per heavy atom. The van der Waals surface area contributed by atoms with E-state index in [1.54, 1.807) is 0 Å². The Labute approximate surface area is 127 Å². The predicted molar refractivity (Wildman–Crippen MR) is 75.8 cm³/mol. The Morgan fingerprint density at radius 2 is 1.67 bits per heavy atom. The van der Waals surface area contributed by atoms with Crippen LogP contribution in [0.2, 0.25) is 18.1 Å². The molecule has 0 heterocycles. The van der Waals surface area contributed by atoms with Crippen LogP contribution in [-0.2, 0) is 4.43 Å². The van der Waals surface area contributed by atoms with E-state index in [4.69, 9.17) is 10.8 Å². The van der Waals surface area contributed by atoms with Crippen LogP contribution in [0.25, 0.3) is 0 Å². The van der Waals surface area contributed by atoms with Crippen LogP contribution in [-0.4, -0.2) is 14.4 Å². The molecule has 0 aromatic carbocycles. The minimum Gasteiger partial charge on any atom is -0.691 e. The zero-order chi connectivity index (χ0) is 13.1. The number of rotatable bonds is 3. The molecule has 0 amide bonds. The molecule has 0 spiro atoms.